The van der Waals surface area contributed by atoms with Crippen LogP contribution < -0.4 is 0 Å². The van der Waals surface area contributed by atoms with E-state index in [2.05, 4.69) is 48.1 Å². The highest BCUT2D eigenvalue weighted by Gasteiger charge is 1.95. The van der Waals surface area contributed by atoms with Crippen molar-refractivity contribution in [3.05, 3.63) is 68.0 Å². The second-order valence-electron chi connectivity index (χ2n) is 4.93. The number of benzene rings is 1. The second-order valence-corrected chi connectivity index (χ2v) is 7.57. The molecule has 0 saturated heterocycles. The maximum absolute atomic E-state index is 4.49. The molecule has 0 amide bonds. The minimum Gasteiger partial charge on any atom is -0.255 e. The van der Waals surface area contributed by atoms with E-state index < -0.39 is 0 Å². The Kier molecular flexibility index (Phi) is 4.61. The van der Waals surface area contributed by atoms with Crippen molar-refractivity contribution in [3.8, 4) is 0 Å². The van der Waals surface area contributed by atoms with Crippen LogP contribution in [0, 0.1) is 13.8 Å². The second kappa shape index (κ2) is 6.81. The van der Waals surface area contributed by atoms with Crippen LogP contribution >= 0.6 is 22.7 Å². The lowest BCUT2D eigenvalue weighted by Gasteiger charge is -1.95. The maximum atomic E-state index is 4.49. The first kappa shape index (κ1) is 14.9. The van der Waals surface area contributed by atoms with E-state index >= 15 is 0 Å². The first-order chi connectivity index (χ1) is 10.7. The molecule has 22 heavy (non-hydrogen) atoms. The summed E-state index contributed by atoms with van der Waals surface area (Å²) < 4.78 is 0. The van der Waals surface area contributed by atoms with Crippen molar-refractivity contribution in [2.45, 2.75) is 13.8 Å². The Labute approximate surface area is 138 Å². The third kappa shape index (κ3) is 4.00. The van der Waals surface area contributed by atoms with Crippen LogP contribution in [0.1, 0.15) is 19.5 Å². The fourth-order valence-corrected chi connectivity index (χ4v) is 3.45. The van der Waals surface area contributed by atoms with Gasteiger partial charge in [0.2, 0.25) is 0 Å². The Balaban J connectivity index is 1.67. The summed E-state index contributed by atoms with van der Waals surface area (Å²) >= 11 is 3.49. The SMILES string of the molecule is Cc1ccc(C=Nc2ccc(N=Cc3ccc(C)s3)cc2)s1. The summed E-state index contributed by atoms with van der Waals surface area (Å²) in [6.07, 6.45) is 3.81. The Morgan fingerprint density at radius 2 is 1.05 bits per heavy atom. The van der Waals surface area contributed by atoms with Gasteiger partial charge in [-0.25, -0.2) is 0 Å². The third-order valence-corrected chi connectivity index (χ3v) is 4.92. The molecule has 110 valence electrons. The summed E-state index contributed by atoms with van der Waals surface area (Å²) in [5.41, 5.74) is 1.88. The molecular formula is C18H16N2S2. The van der Waals surface area contributed by atoms with E-state index in [0.717, 1.165) is 11.4 Å². The van der Waals surface area contributed by atoms with Crippen molar-refractivity contribution in [2.24, 2.45) is 9.98 Å². The average molecular weight is 324 g/mol. The van der Waals surface area contributed by atoms with Crippen LogP contribution in [-0.4, -0.2) is 12.4 Å². The van der Waals surface area contributed by atoms with Crippen molar-refractivity contribution in [1.82, 2.24) is 0 Å². The van der Waals surface area contributed by atoms with Crippen LogP contribution in [0.3, 0.4) is 0 Å². The minimum atomic E-state index is 0.942. The van der Waals surface area contributed by atoms with Gasteiger partial charge in [-0.05, 0) is 62.4 Å². The predicted octanol–water partition coefficient (Wildman–Crippen LogP) is 5.93. The van der Waals surface area contributed by atoms with E-state index in [1.54, 1.807) is 22.7 Å². The number of hydrogen-bond acceptors (Lipinski definition) is 4. The smallest absolute Gasteiger partial charge is 0.0631 e. The van der Waals surface area contributed by atoms with Gasteiger partial charge in [0.15, 0.2) is 0 Å². The standard InChI is InChI=1S/C18H16N2S2/c1-13-3-9-17(21-13)11-19-15-5-7-16(8-6-15)20-12-18-10-4-14(2)22-18/h3-12H,1-2H3. The van der Waals surface area contributed by atoms with Gasteiger partial charge in [-0.1, -0.05) is 0 Å². The molecule has 0 aliphatic heterocycles. The first-order valence-corrected chi connectivity index (χ1v) is 8.63. The highest BCUT2D eigenvalue weighted by Crippen LogP contribution is 2.20. The minimum absolute atomic E-state index is 0.942. The number of rotatable bonds is 4. The van der Waals surface area contributed by atoms with E-state index in [-0.39, 0.29) is 0 Å². The summed E-state index contributed by atoms with van der Waals surface area (Å²) in [5.74, 6) is 0. The first-order valence-electron chi connectivity index (χ1n) is 7.00. The zero-order valence-corrected chi connectivity index (χ0v) is 14.1. The van der Waals surface area contributed by atoms with Gasteiger partial charge in [0, 0.05) is 31.9 Å². The molecule has 2 nitrogen and oxygen atoms in total. The van der Waals surface area contributed by atoms with Gasteiger partial charge >= 0.3 is 0 Å². The zero-order chi connectivity index (χ0) is 15.4. The van der Waals surface area contributed by atoms with E-state index in [1.165, 1.54) is 19.5 Å². The molecule has 4 heteroatoms. The summed E-state index contributed by atoms with van der Waals surface area (Å²) in [6.45, 7) is 4.20. The lowest BCUT2D eigenvalue weighted by molar-refractivity contribution is 1.49. The summed E-state index contributed by atoms with van der Waals surface area (Å²) in [5, 5.41) is 0. The maximum Gasteiger partial charge on any atom is 0.0631 e. The van der Waals surface area contributed by atoms with Crippen LogP contribution in [0.25, 0.3) is 0 Å². The lowest BCUT2D eigenvalue weighted by atomic mass is 10.3. The molecule has 3 rings (SSSR count). The number of aliphatic imine (C=N–C) groups is 2. The quantitative estimate of drug-likeness (QED) is 0.532. The van der Waals surface area contributed by atoms with Gasteiger partial charge in [-0.3, -0.25) is 9.98 Å². The van der Waals surface area contributed by atoms with Crippen molar-refractivity contribution in [2.75, 3.05) is 0 Å². The van der Waals surface area contributed by atoms with Crippen LogP contribution in [-0.2, 0) is 0 Å². The molecule has 0 fully saturated rings. The molecule has 2 aromatic heterocycles. The summed E-state index contributed by atoms with van der Waals surface area (Å²) in [4.78, 5) is 13.9. The molecule has 1 aromatic carbocycles. The Bertz CT molecular complexity index is 738. The molecule has 0 atom stereocenters. The molecule has 0 radical (unpaired) electrons. The Morgan fingerprint density at radius 3 is 1.36 bits per heavy atom. The average Bonchev–Trinajstić information content (AvgIpc) is 3.12. The molecule has 0 unspecified atom stereocenters. The number of hydrogen-bond donors (Lipinski definition) is 0. The molecule has 0 N–H and O–H groups in total. The van der Waals surface area contributed by atoms with Crippen molar-refractivity contribution >= 4 is 46.5 Å². The van der Waals surface area contributed by atoms with Gasteiger partial charge in [-0.15, -0.1) is 22.7 Å². The molecule has 0 aliphatic carbocycles. The third-order valence-electron chi connectivity index (χ3n) is 3.05. The van der Waals surface area contributed by atoms with E-state index in [9.17, 15) is 0 Å². The van der Waals surface area contributed by atoms with Gasteiger partial charge in [0.05, 0.1) is 11.4 Å². The predicted molar refractivity (Wildman–Crippen MR) is 99.1 cm³/mol. The van der Waals surface area contributed by atoms with E-state index in [4.69, 9.17) is 0 Å². The fraction of sp³-hybridized carbons (Fsp3) is 0.111. The van der Waals surface area contributed by atoms with Crippen molar-refractivity contribution < 1.29 is 0 Å². The number of thiophene rings is 2. The lowest BCUT2D eigenvalue weighted by Crippen LogP contribution is -1.73. The topological polar surface area (TPSA) is 24.7 Å². The van der Waals surface area contributed by atoms with Crippen LogP contribution in [0.4, 0.5) is 11.4 Å². The monoisotopic (exact) mass is 324 g/mol. The number of aryl methyl sites for hydroxylation is 2. The van der Waals surface area contributed by atoms with Gasteiger partial charge < -0.3 is 0 Å². The van der Waals surface area contributed by atoms with Crippen LogP contribution in [0.15, 0.2) is 58.5 Å². The van der Waals surface area contributed by atoms with Gasteiger partial charge in [-0.2, -0.15) is 0 Å². The molecule has 0 aliphatic rings. The number of nitrogens with zero attached hydrogens (tertiary/aromatic N) is 2. The van der Waals surface area contributed by atoms with E-state index in [1.807, 2.05) is 36.7 Å². The highest BCUT2D eigenvalue weighted by atomic mass is 32.1. The Hall–Kier alpha value is -2.04. The van der Waals surface area contributed by atoms with Crippen LogP contribution in [0.2, 0.25) is 0 Å². The summed E-state index contributed by atoms with van der Waals surface area (Å²) in [7, 11) is 0. The highest BCUT2D eigenvalue weighted by molar-refractivity contribution is 7.13. The summed E-state index contributed by atoms with van der Waals surface area (Å²) in [6, 6.07) is 16.3. The molecule has 0 bridgehead atoms. The molecule has 0 spiro atoms. The fourth-order valence-electron chi connectivity index (χ4n) is 1.95. The Morgan fingerprint density at radius 1 is 0.636 bits per heavy atom. The van der Waals surface area contributed by atoms with Gasteiger partial charge in [0.25, 0.3) is 0 Å². The molecule has 2 heterocycles. The van der Waals surface area contributed by atoms with Crippen molar-refractivity contribution in [1.29, 1.82) is 0 Å². The van der Waals surface area contributed by atoms with Crippen molar-refractivity contribution in [3.63, 3.8) is 0 Å². The van der Waals surface area contributed by atoms with E-state index in [0.29, 0.717) is 0 Å². The largest absolute Gasteiger partial charge is 0.255 e. The molecule has 0 saturated carbocycles. The zero-order valence-electron chi connectivity index (χ0n) is 12.5. The normalized spacial score (nSPS) is 11.7. The van der Waals surface area contributed by atoms with Gasteiger partial charge in [0.1, 0.15) is 0 Å². The molecular weight excluding hydrogens is 308 g/mol. The molecule has 3 aromatic rings. The van der Waals surface area contributed by atoms with Crippen LogP contribution in [0.5, 0.6) is 0 Å².